The lowest BCUT2D eigenvalue weighted by atomic mass is 9.79. The number of nitrogens with two attached hydrogens (primary N) is 2. The molecule has 1 unspecified atom stereocenters. The van der Waals surface area contributed by atoms with Gasteiger partial charge in [-0.25, -0.2) is 0 Å². The number of benzene rings is 1. The summed E-state index contributed by atoms with van der Waals surface area (Å²) >= 11 is 0. The van der Waals surface area contributed by atoms with Crippen molar-refractivity contribution in [1.29, 1.82) is 0 Å². The fraction of sp³-hybridized carbons (Fsp3) is 0.375. The highest BCUT2D eigenvalue weighted by Crippen LogP contribution is 2.33. The molecule has 2 heteroatoms. The van der Waals surface area contributed by atoms with E-state index >= 15 is 0 Å². The number of allylic oxidation sites excluding steroid dienone is 1. The molecule has 1 atom stereocenters. The topological polar surface area (TPSA) is 52.0 Å². The lowest BCUT2D eigenvalue weighted by molar-refractivity contribution is 0.535. The SMILES string of the molecule is CCC1=C(N)C=CC(N)(c2cccc(CC)c2)C1. The van der Waals surface area contributed by atoms with Crippen molar-refractivity contribution < 1.29 is 0 Å². The van der Waals surface area contributed by atoms with E-state index < -0.39 is 5.54 Å². The van der Waals surface area contributed by atoms with E-state index in [2.05, 4.69) is 38.1 Å². The Hall–Kier alpha value is -1.54. The van der Waals surface area contributed by atoms with E-state index in [1.54, 1.807) is 0 Å². The summed E-state index contributed by atoms with van der Waals surface area (Å²) in [5.41, 5.74) is 16.8. The lowest BCUT2D eigenvalue weighted by Crippen LogP contribution is -2.37. The summed E-state index contributed by atoms with van der Waals surface area (Å²) in [6.45, 7) is 4.29. The molecule has 0 saturated carbocycles. The van der Waals surface area contributed by atoms with E-state index in [1.807, 2.05) is 12.2 Å². The van der Waals surface area contributed by atoms with Gasteiger partial charge in [0, 0.05) is 5.70 Å². The molecular weight excluding hydrogens is 220 g/mol. The first-order valence-corrected chi connectivity index (χ1v) is 6.64. The van der Waals surface area contributed by atoms with Crippen LogP contribution in [0.3, 0.4) is 0 Å². The third-order valence-electron chi connectivity index (χ3n) is 3.77. The van der Waals surface area contributed by atoms with Gasteiger partial charge in [0.25, 0.3) is 0 Å². The second-order valence-corrected chi connectivity index (χ2v) is 5.02. The van der Waals surface area contributed by atoms with Crippen molar-refractivity contribution in [3.05, 3.63) is 58.8 Å². The van der Waals surface area contributed by atoms with E-state index in [0.29, 0.717) is 0 Å². The molecule has 2 nitrogen and oxygen atoms in total. The van der Waals surface area contributed by atoms with Gasteiger partial charge in [-0.1, -0.05) is 44.2 Å². The lowest BCUT2D eigenvalue weighted by Gasteiger charge is -2.31. The highest BCUT2D eigenvalue weighted by atomic mass is 14.7. The number of hydrogen-bond donors (Lipinski definition) is 2. The summed E-state index contributed by atoms with van der Waals surface area (Å²) in [7, 11) is 0. The van der Waals surface area contributed by atoms with Crippen molar-refractivity contribution >= 4 is 0 Å². The predicted molar refractivity (Wildman–Crippen MR) is 76.9 cm³/mol. The zero-order chi connectivity index (χ0) is 13.2. The maximum Gasteiger partial charge on any atom is 0.0637 e. The minimum Gasteiger partial charge on any atom is -0.399 e. The number of aryl methyl sites for hydroxylation is 1. The molecule has 2 rings (SSSR count). The molecule has 0 bridgehead atoms. The molecule has 0 amide bonds. The molecule has 0 spiro atoms. The van der Waals surface area contributed by atoms with Crippen LogP contribution < -0.4 is 11.5 Å². The van der Waals surface area contributed by atoms with Crippen LogP contribution in [0, 0.1) is 0 Å². The monoisotopic (exact) mass is 242 g/mol. The summed E-state index contributed by atoms with van der Waals surface area (Å²) in [6, 6.07) is 8.55. The highest BCUT2D eigenvalue weighted by molar-refractivity contribution is 5.41. The van der Waals surface area contributed by atoms with Crippen molar-refractivity contribution in [2.45, 2.75) is 38.6 Å². The molecule has 0 aromatic heterocycles. The maximum atomic E-state index is 6.56. The summed E-state index contributed by atoms with van der Waals surface area (Å²) in [5, 5.41) is 0. The second kappa shape index (κ2) is 4.99. The van der Waals surface area contributed by atoms with E-state index in [1.165, 1.54) is 16.7 Å². The molecule has 1 aliphatic rings. The Morgan fingerprint density at radius 1 is 1.22 bits per heavy atom. The molecule has 4 N–H and O–H groups in total. The number of rotatable bonds is 3. The van der Waals surface area contributed by atoms with E-state index in [0.717, 1.165) is 25.0 Å². The van der Waals surface area contributed by atoms with Gasteiger partial charge in [-0.3, -0.25) is 0 Å². The molecular formula is C16H22N2. The van der Waals surface area contributed by atoms with Gasteiger partial charge in [0.05, 0.1) is 5.54 Å². The maximum absolute atomic E-state index is 6.56. The second-order valence-electron chi connectivity index (χ2n) is 5.02. The average Bonchev–Trinajstić information content (AvgIpc) is 2.42. The first kappa shape index (κ1) is 12.9. The fourth-order valence-electron chi connectivity index (χ4n) is 2.48. The van der Waals surface area contributed by atoms with E-state index in [-0.39, 0.29) is 0 Å². The third kappa shape index (κ3) is 2.34. The Morgan fingerprint density at radius 3 is 2.67 bits per heavy atom. The van der Waals surface area contributed by atoms with Crippen molar-refractivity contribution in [2.24, 2.45) is 11.5 Å². The Bertz CT molecular complexity index is 500. The molecule has 1 aromatic carbocycles. The fourth-order valence-corrected chi connectivity index (χ4v) is 2.48. The first-order valence-electron chi connectivity index (χ1n) is 6.64. The van der Waals surface area contributed by atoms with Gasteiger partial charge in [-0.2, -0.15) is 0 Å². The zero-order valence-electron chi connectivity index (χ0n) is 11.2. The molecule has 96 valence electrons. The zero-order valence-corrected chi connectivity index (χ0v) is 11.2. The first-order chi connectivity index (χ1) is 8.59. The molecule has 0 heterocycles. The third-order valence-corrected chi connectivity index (χ3v) is 3.77. The molecule has 0 fully saturated rings. The molecule has 1 aromatic rings. The predicted octanol–water partition coefficient (Wildman–Crippen LogP) is 2.99. The minimum atomic E-state index is -0.403. The van der Waals surface area contributed by atoms with E-state index in [9.17, 15) is 0 Å². The Morgan fingerprint density at radius 2 is 2.00 bits per heavy atom. The standard InChI is InChI=1S/C16H22N2/c1-3-12-6-5-7-14(10-12)16(18)9-8-15(17)13(4-2)11-16/h5-10H,3-4,11,17-18H2,1-2H3. The Balaban J connectivity index is 2.36. The van der Waals surface area contributed by atoms with Crippen LogP contribution in [0.2, 0.25) is 0 Å². The normalized spacial score (nSPS) is 23.5. The molecule has 1 aliphatic carbocycles. The van der Waals surface area contributed by atoms with Gasteiger partial charge in [0.2, 0.25) is 0 Å². The van der Waals surface area contributed by atoms with Crippen LogP contribution >= 0.6 is 0 Å². The van der Waals surface area contributed by atoms with Crippen molar-refractivity contribution in [3.63, 3.8) is 0 Å². The van der Waals surface area contributed by atoms with Crippen LogP contribution in [-0.4, -0.2) is 0 Å². The van der Waals surface area contributed by atoms with E-state index in [4.69, 9.17) is 11.5 Å². The van der Waals surface area contributed by atoms with Crippen LogP contribution in [0.4, 0.5) is 0 Å². The molecule has 0 saturated heterocycles. The molecule has 0 aliphatic heterocycles. The summed E-state index contributed by atoms with van der Waals surface area (Å²) in [5.74, 6) is 0. The van der Waals surface area contributed by atoms with Crippen LogP contribution in [0.5, 0.6) is 0 Å². The van der Waals surface area contributed by atoms with Crippen LogP contribution in [-0.2, 0) is 12.0 Å². The van der Waals surface area contributed by atoms with Crippen LogP contribution in [0.1, 0.15) is 37.8 Å². The van der Waals surface area contributed by atoms with Gasteiger partial charge in [0.15, 0.2) is 0 Å². The minimum absolute atomic E-state index is 0.403. The summed E-state index contributed by atoms with van der Waals surface area (Å²) in [4.78, 5) is 0. The summed E-state index contributed by atoms with van der Waals surface area (Å²) < 4.78 is 0. The van der Waals surface area contributed by atoms with Crippen molar-refractivity contribution in [3.8, 4) is 0 Å². The average molecular weight is 242 g/mol. The van der Waals surface area contributed by atoms with Gasteiger partial charge < -0.3 is 11.5 Å². The number of hydrogen-bond acceptors (Lipinski definition) is 2. The smallest absolute Gasteiger partial charge is 0.0637 e. The van der Waals surface area contributed by atoms with Gasteiger partial charge in [0.1, 0.15) is 0 Å². The van der Waals surface area contributed by atoms with Crippen molar-refractivity contribution in [2.75, 3.05) is 0 Å². The summed E-state index contributed by atoms with van der Waals surface area (Å²) in [6.07, 6.45) is 6.81. The Labute approximate surface area is 109 Å². The van der Waals surface area contributed by atoms with Crippen LogP contribution in [0.15, 0.2) is 47.7 Å². The molecule has 18 heavy (non-hydrogen) atoms. The largest absolute Gasteiger partial charge is 0.399 e. The quantitative estimate of drug-likeness (QED) is 0.856. The van der Waals surface area contributed by atoms with Crippen molar-refractivity contribution in [1.82, 2.24) is 0 Å². The highest BCUT2D eigenvalue weighted by Gasteiger charge is 2.28. The van der Waals surface area contributed by atoms with Gasteiger partial charge in [-0.05, 0) is 42.0 Å². The Kier molecular flexibility index (Phi) is 3.58. The molecule has 0 radical (unpaired) electrons. The van der Waals surface area contributed by atoms with Crippen LogP contribution in [0.25, 0.3) is 0 Å². The van der Waals surface area contributed by atoms with Gasteiger partial charge in [-0.15, -0.1) is 0 Å². The van der Waals surface area contributed by atoms with Gasteiger partial charge >= 0.3 is 0 Å².